The van der Waals surface area contributed by atoms with E-state index in [0.717, 1.165) is 91.0 Å². The third kappa shape index (κ3) is 7.95. The average Bonchev–Trinajstić information content (AvgIpc) is 3.93. The zero-order chi connectivity index (χ0) is 31.8. The lowest BCUT2D eigenvalue weighted by molar-refractivity contribution is 0.230. The van der Waals surface area contributed by atoms with Gasteiger partial charge in [-0.25, -0.2) is 4.98 Å². The summed E-state index contributed by atoms with van der Waals surface area (Å²) >= 11 is 0. The summed E-state index contributed by atoms with van der Waals surface area (Å²) in [6, 6.07) is 21.3. The zero-order valence-electron chi connectivity index (χ0n) is 28.3. The molecule has 47 heavy (non-hydrogen) atoms. The summed E-state index contributed by atoms with van der Waals surface area (Å²) in [7, 11) is 0. The molecule has 7 rings (SSSR count). The van der Waals surface area contributed by atoms with E-state index in [4.69, 9.17) is 19.2 Å². The smallest absolute Gasteiger partial charge is 0.144 e. The van der Waals surface area contributed by atoms with Crippen molar-refractivity contribution in [1.82, 2.24) is 19.4 Å². The SMILES string of the molecule is CCCCn1c(-c2ccc(OCCN3CCCC3)cc2OCCN2CCCC2)nc2ccc(Oc3ccc(C4CCCC4)cc3)cc21. The monoisotopic (exact) mass is 636 g/mol. The van der Waals surface area contributed by atoms with E-state index in [-0.39, 0.29) is 0 Å². The fourth-order valence-corrected chi connectivity index (χ4v) is 7.60. The number of benzene rings is 3. The molecule has 0 bridgehead atoms. The maximum Gasteiger partial charge on any atom is 0.144 e. The molecule has 7 heteroatoms. The van der Waals surface area contributed by atoms with Crippen molar-refractivity contribution < 1.29 is 14.2 Å². The molecule has 3 aliphatic rings. The van der Waals surface area contributed by atoms with Gasteiger partial charge in [0.2, 0.25) is 0 Å². The summed E-state index contributed by atoms with van der Waals surface area (Å²) < 4.78 is 21.6. The Hall–Kier alpha value is -3.55. The molecule has 3 fully saturated rings. The fourth-order valence-electron chi connectivity index (χ4n) is 7.60. The molecule has 3 heterocycles. The lowest BCUT2D eigenvalue weighted by Gasteiger charge is -2.19. The Bertz CT molecular complexity index is 1580. The van der Waals surface area contributed by atoms with Crippen LogP contribution in [0.25, 0.3) is 22.4 Å². The summed E-state index contributed by atoms with van der Waals surface area (Å²) in [4.78, 5) is 10.2. The third-order valence-corrected chi connectivity index (χ3v) is 10.3. The lowest BCUT2D eigenvalue weighted by atomic mass is 9.98. The quantitative estimate of drug-likeness (QED) is 0.130. The molecule has 2 aliphatic heterocycles. The maximum absolute atomic E-state index is 6.57. The normalized spacial score (nSPS) is 17.6. The van der Waals surface area contributed by atoms with Gasteiger partial charge in [0.05, 0.1) is 16.6 Å². The summed E-state index contributed by atoms with van der Waals surface area (Å²) in [5.74, 6) is 5.05. The van der Waals surface area contributed by atoms with Crippen molar-refractivity contribution in [3.05, 3.63) is 66.2 Å². The van der Waals surface area contributed by atoms with Crippen molar-refractivity contribution in [3.8, 4) is 34.4 Å². The van der Waals surface area contributed by atoms with Crippen LogP contribution in [0.4, 0.5) is 0 Å². The number of nitrogens with zero attached hydrogens (tertiary/aromatic N) is 4. The van der Waals surface area contributed by atoms with Gasteiger partial charge in [0.25, 0.3) is 0 Å². The Morgan fingerprint density at radius 2 is 1.34 bits per heavy atom. The lowest BCUT2D eigenvalue weighted by Crippen LogP contribution is -2.25. The van der Waals surface area contributed by atoms with Gasteiger partial charge in [0.15, 0.2) is 0 Å². The molecule has 250 valence electrons. The van der Waals surface area contributed by atoms with E-state index < -0.39 is 0 Å². The number of imidazole rings is 1. The predicted molar refractivity (Wildman–Crippen MR) is 190 cm³/mol. The Kier molecular flexibility index (Phi) is 10.6. The molecule has 7 nitrogen and oxygen atoms in total. The van der Waals surface area contributed by atoms with E-state index in [1.54, 1.807) is 0 Å². The summed E-state index contributed by atoms with van der Waals surface area (Å²) in [5.41, 5.74) is 4.50. The predicted octanol–water partition coefficient (Wildman–Crippen LogP) is 8.90. The van der Waals surface area contributed by atoms with E-state index in [2.05, 4.69) is 75.9 Å². The summed E-state index contributed by atoms with van der Waals surface area (Å²) in [6.45, 7) is 11.1. The number of aryl methyl sites for hydroxylation is 1. The van der Waals surface area contributed by atoms with Crippen LogP contribution >= 0.6 is 0 Å². The molecule has 0 N–H and O–H groups in total. The van der Waals surface area contributed by atoms with E-state index >= 15 is 0 Å². The third-order valence-electron chi connectivity index (χ3n) is 10.3. The van der Waals surface area contributed by atoms with Crippen molar-refractivity contribution in [2.75, 3.05) is 52.5 Å². The standard InChI is InChI=1S/C40H52N4O3/c1-2-3-24-44-38-29-35(47-33-14-12-32(13-15-33)31-10-4-5-11-31)17-19-37(38)41-40(44)36-18-16-34(45-27-25-42-20-6-7-21-42)30-39(36)46-28-26-43-22-8-9-23-43/h12-19,29-31H,2-11,20-28H2,1H3. The van der Waals surface area contributed by atoms with Gasteiger partial charge < -0.3 is 18.8 Å². The Morgan fingerprint density at radius 1 is 0.681 bits per heavy atom. The molecule has 4 aromatic rings. The van der Waals surface area contributed by atoms with Gasteiger partial charge in [0.1, 0.15) is 42.0 Å². The minimum absolute atomic E-state index is 0.650. The van der Waals surface area contributed by atoms with Gasteiger partial charge in [-0.1, -0.05) is 38.3 Å². The highest BCUT2D eigenvalue weighted by molar-refractivity contribution is 5.83. The molecule has 0 spiro atoms. The number of fused-ring (bicyclic) bond motifs is 1. The number of hydrogen-bond acceptors (Lipinski definition) is 6. The zero-order valence-corrected chi connectivity index (χ0v) is 28.3. The van der Waals surface area contributed by atoms with Crippen molar-refractivity contribution >= 4 is 11.0 Å². The van der Waals surface area contributed by atoms with E-state index in [1.807, 2.05) is 6.07 Å². The van der Waals surface area contributed by atoms with Crippen LogP contribution in [0.2, 0.25) is 0 Å². The Balaban J connectivity index is 1.14. The minimum Gasteiger partial charge on any atom is -0.492 e. The maximum atomic E-state index is 6.57. The first-order valence-corrected chi connectivity index (χ1v) is 18.4. The topological polar surface area (TPSA) is 52.0 Å². The molecular formula is C40H52N4O3. The second-order valence-electron chi connectivity index (χ2n) is 13.7. The van der Waals surface area contributed by atoms with Crippen LogP contribution in [0.1, 0.15) is 82.6 Å². The number of rotatable bonds is 15. The second-order valence-corrected chi connectivity index (χ2v) is 13.7. The minimum atomic E-state index is 0.650. The van der Waals surface area contributed by atoms with Gasteiger partial charge in [-0.15, -0.1) is 0 Å². The molecule has 0 atom stereocenters. The highest BCUT2D eigenvalue weighted by atomic mass is 16.5. The number of hydrogen-bond donors (Lipinski definition) is 0. The number of unbranched alkanes of at least 4 members (excludes halogenated alkanes) is 1. The van der Waals surface area contributed by atoms with Crippen molar-refractivity contribution in [1.29, 1.82) is 0 Å². The van der Waals surface area contributed by atoms with Crippen LogP contribution in [-0.4, -0.2) is 71.8 Å². The van der Waals surface area contributed by atoms with Crippen LogP contribution in [0.5, 0.6) is 23.0 Å². The van der Waals surface area contributed by atoms with Gasteiger partial charge in [-0.3, -0.25) is 9.80 Å². The van der Waals surface area contributed by atoms with Crippen LogP contribution < -0.4 is 14.2 Å². The molecule has 1 aromatic heterocycles. The largest absolute Gasteiger partial charge is 0.492 e. The van der Waals surface area contributed by atoms with Crippen LogP contribution in [0.3, 0.4) is 0 Å². The number of aromatic nitrogens is 2. The van der Waals surface area contributed by atoms with Crippen molar-refractivity contribution in [2.45, 2.75) is 83.6 Å². The van der Waals surface area contributed by atoms with Crippen LogP contribution in [0.15, 0.2) is 60.7 Å². The molecule has 0 unspecified atom stereocenters. The molecule has 3 aromatic carbocycles. The van der Waals surface area contributed by atoms with E-state index in [0.29, 0.717) is 19.1 Å². The van der Waals surface area contributed by atoms with Gasteiger partial charge in [-0.2, -0.15) is 0 Å². The second kappa shape index (κ2) is 15.6. The van der Waals surface area contributed by atoms with Crippen LogP contribution in [0, 0.1) is 0 Å². The molecule has 0 radical (unpaired) electrons. The molecule has 1 aliphatic carbocycles. The highest BCUT2D eigenvalue weighted by Crippen LogP contribution is 2.38. The molecule has 1 saturated carbocycles. The van der Waals surface area contributed by atoms with E-state index in [1.165, 1.54) is 70.0 Å². The van der Waals surface area contributed by atoms with Crippen molar-refractivity contribution in [2.24, 2.45) is 0 Å². The average molecular weight is 637 g/mol. The Labute approximate surface area is 280 Å². The van der Waals surface area contributed by atoms with Gasteiger partial charge in [-0.05, 0) is 119 Å². The van der Waals surface area contributed by atoms with Crippen molar-refractivity contribution in [3.63, 3.8) is 0 Å². The first kappa shape index (κ1) is 32.0. The summed E-state index contributed by atoms with van der Waals surface area (Å²) in [5, 5.41) is 0. The molecule has 0 amide bonds. The van der Waals surface area contributed by atoms with Crippen LogP contribution in [-0.2, 0) is 6.54 Å². The Morgan fingerprint density at radius 3 is 2.04 bits per heavy atom. The number of likely N-dealkylation sites (tertiary alicyclic amines) is 2. The van der Waals surface area contributed by atoms with Gasteiger partial charge >= 0.3 is 0 Å². The van der Waals surface area contributed by atoms with Gasteiger partial charge in [0, 0.05) is 31.8 Å². The molecule has 2 saturated heterocycles. The molecular weight excluding hydrogens is 584 g/mol. The van der Waals surface area contributed by atoms with E-state index in [9.17, 15) is 0 Å². The summed E-state index contributed by atoms with van der Waals surface area (Å²) in [6.07, 6.45) is 12.6. The first-order valence-electron chi connectivity index (χ1n) is 18.4. The number of ether oxygens (including phenoxy) is 3. The highest BCUT2D eigenvalue weighted by Gasteiger charge is 2.20. The fraction of sp³-hybridized carbons (Fsp3) is 0.525. The first-order chi connectivity index (χ1) is 23.2.